The largest absolute Gasteiger partial charge is 0.493 e. The van der Waals surface area contributed by atoms with E-state index in [9.17, 15) is 9.18 Å². The number of fused-ring (bicyclic) bond motifs is 1. The summed E-state index contributed by atoms with van der Waals surface area (Å²) in [6, 6.07) is 9.34. The number of rotatable bonds is 8. The van der Waals surface area contributed by atoms with E-state index in [-0.39, 0.29) is 18.7 Å². The first-order chi connectivity index (χ1) is 14.5. The highest BCUT2D eigenvalue weighted by Crippen LogP contribution is 2.33. The highest BCUT2D eigenvalue weighted by molar-refractivity contribution is 5.97. The predicted molar refractivity (Wildman–Crippen MR) is 113 cm³/mol. The van der Waals surface area contributed by atoms with E-state index in [1.54, 1.807) is 26.4 Å². The molecule has 0 aromatic heterocycles. The number of methoxy groups -OCH3 is 2. The van der Waals surface area contributed by atoms with Gasteiger partial charge >= 0.3 is 0 Å². The van der Waals surface area contributed by atoms with Gasteiger partial charge in [-0.2, -0.15) is 0 Å². The molecule has 6 nitrogen and oxygen atoms in total. The van der Waals surface area contributed by atoms with Crippen LogP contribution in [0.25, 0.3) is 0 Å². The Kier molecular flexibility index (Phi) is 7.15. The van der Waals surface area contributed by atoms with Crippen molar-refractivity contribution in [3.05, 3.63) is 52.6 Å². The van der Waals surface area contributed by atoms with Crippen LogP contribution in [0.2, 0.25) is 0 Å². The smallest absolute Gasteiger partial charge is 0.256 e. The zero-order valence-electron chi connectivity index (χ0n) is 18.0. The lowest BCUT2D eigenvalue weighted by atomic mass is 9.98. The van der Waals surface area contributed by atoms with Gasteiger partial charge in [0.25, 0.3) is 5.91 Å². The van der Waals surface area contributed by atoms with Crippen LogP contribution >= 0.6 is 0 Å². The standard InChI is InChI=1S/C23H29FN2O4/c1-15-5-6-20(30-10-8-24)19(11-15)23(27)25-16(2)26-9-7-17-12-21(28-3)22(29-4)13-18(17)14-26/h5-6,11-13,16H,7-10,14H2,1-4H3,(H,25,27). The number of benzene rings is 2. The van der Waals surface area contributed by atoms with Crippen molar-refractivity contribution in [2.75, 3.05) is 34.0 Å². The Morgan fingerprint density at radius 3 is 2.50 bits per heavy atom. The zero-order chi connectivity index (χ0) is 21.7. The Hall–Kier alpha value is -2.80. The summed E-state index contributed by atoms with van der Waals surface area (Å²) in [4.78, 5) is 15.1. The van der Waals surface area contributed by atoms with Crippen LogP contribution in [0.3, 0.4) is 0 Å². The van der Waals surface area contributed by atoms with Crippen LogP contribution in [0.15, 0.2) is 30.3 Å². The van der Waals surface area contributed by atoms with E-state index in [2.05, 4.69) is 10.2 Å². The SMILES string of the molecule is COc1cc2c(cc1OC)CN(C(C)NC(=O)c1cc(C)ccc1OCCF)CC2. The zero-order valence-corrected chi connectivity index (χ0v) is 18.0. The number of nitrogens with zero attached hydrogens (tertiary/aromatic N) is 1. The second-order valence-electron chi connectivity index (χ2n) is 7.38. The molecule has 1 unspecified atom stereocenters. The van der Waals surface area contributed by atoms with Gasteiger partial charge in [-0.1, -0.05) is 11.6 Å². The normalized spacial score (nSPS) is 14.6. The lowest BCUT2D eigenvalue weighted by molar-refractivity contribution is 0.0844. The fourth-order valence-corrected chi connectivity index (χ4v) is 3.69. The molecular formula is C23H29FN2O4. The number of alkyl halides is 1. The maximum absolute atomic E-state index is 12.9. The number of amides is 1. The molecule has 162 valence electrons. The summed E-state index contributed by atoms with van der Waals surface area (Å²) in [5.41, 5.74) is 3.73. The van der Waals surface area contributed by atoms with Gasteiger partial charge in [-0.05, 0) is 55.7 Å². The molecule has 3 rings (SSSR count). The van der Waals surface area contributed by atoms with E-state index < -0.39 is 6.67 Å². The van der Waals surface area contributed by atoms with Gasteiger partial charge in [0.2, 0.25) is 0 Å². The molecule has 1 amide bonds. The molecule has 0 radical (unpaired) electrons. The third-order valence-electron chi connectivity index (χ3n) is 5.35. The van der Waals surface area contributed by atoms with Crippen LogP contribution in [0, 0.1) is 6.92 Å². The van der Waals surface area contributed by atoms with Gasteiger partial charge in [0.1, 0.15) is 19.0 Å². The molecule has 1 atom stereocenters. The van der Waals surface area contributed by atoms with Crippen LogP contribution in [0.4, 0.5) is 4.39 Å². The summed E-state index contributed by atoms with van der Waals surface area (Å²) in [5, 5.41) is 3.05. The quantitative estimate of drug-likeness (QED) is 0.714. The number of hydrogen-bond acceptors (Lipinski definition) is 5. The van der Waals surface area contributed by atoms with Gasteiger partial charge in [-0.3, -0.25) is 9.69 Å². The minimum Gasteiger partial charge on any atom is -0.493 e. The van der Waals surface area contributed by atoms with Gasteiger partial charge in [0.15, 0.2) is 11.5 Å². The van der Waals surface area contributed by atoms with E-state index >= 15 is 0 Å². The monoisotopic (exact) mass is 416 g/mol. The molecule has 2 aromatic carbocycles. The van der Waals surface area contributed by atoms with E-state index in [0.29, 0.717) is 23.6 Å². The van der Waals surface area contributed by atoms with Crippen molar-refractivity contribution < 1.29 is 23.4 Å². The molecule has 1 aliphatic heterocycles. The summed E-state index contributed by atoms with van der Waals surface area (Å²) in [6.45, 7) is 4.68. The Labute approximate surface area is 176 Å². The molecule has 0 saturated heterocycles. The van der Waals surface area contributed by atoms with Crippen molar-refractivity contribution in [2.45, 2.75) is 33.0 Å². The average Bonchev–Trinajstić information content (AvgIpc) is 2.76. The molecule has 1 N–H and O–H groups in total. The maximum atomic E-state index is 12.9. The molecule has 0 bridgehead atoms. The lowest BCUT2D eigenvalue weighted by Gasteiger charge is -2.34. The molecule has 0 spiro atoms. The van der Waals surface area contributed by atoms with Gasteiger partial charge in [0.05, 0.1) is 25.9 Å². The van der Waals surface area contributed by atoms with Gasteiger partial charge in [0, 0.05) is 13.1 Å². The molecule has 0 aliphatic carbocycles. The fourth-order valence-electron chi connectivity index (χ4n) is 3.69. The number of aryl methyl sites for hydroxylation is 1. The number of carbonyl (C=O) groups excluding carboxylic acids is 1. The topological polar surface area (TPSA) is 60.0 Å². The second-order valence-corrected chi connectivity index (χ2v) is 7.38. The van der Waals surface area contributed by atoms with Gasteiger partial charge < -0.3 is 19.5 Å². The molecule has 2 aromatic rings. The van der Waals surface area contributed by atoms with Crippen molar-refractivity contribution in [1.82, 2.24) is 10.2 Å². The van der Waals surface area contributed by atoms with E-state index in [4.69, 9.17) is 14.2 Å². The Bertz CT molecular complexity index is 903. The molecule has 0 saturated carbocycles. The van der Waals surface area contributed by atoms with E-state index in [1.807, 2.05) is 32.0 Å². The Morgan fingerprint density at radius 2 is 1.83 bits per heavy atom. The van der Waals surface area contributed by atoms with Crippen LogP contribution in [0.5, 0.6) is 17.2 Å². The Morgan fingerprint density at radius 1 is 1.13 bits per heavy atom. The van der Waals surface area contributed by atoms with Crippen LogP contribution < -0.4 is 19.5 Å². The molecule has 0 fully saturated rings. The minimum absolute atomic E-state index is 0.0763. The highest BCUT2D eigenvalue weighted by Gasteiger charge is 2.25. The Balaban J connectivity index is 1.72. The molecule has 7 heteroatoms. The first-order valence-electron chi connectivity index (χ1n) is 10.0. The second kappa shape index (κ2) is 9.80. The van der Waals surface area contributed by atoms with Gasteiger partial charge in [-0.15, -0.1) is 0 Å². The van der Waals surface area contributed by atoms with E-state index in [1.165, 1.54) is 5.56 Å². The molecular weight excluding hydrogens is 387 g/mol. The number of hydrogen-bond donors (Lipinski definition) is 1. The summed E-state index contributed by atoms with van der Waals surface area (Å²) >= 11 is 0. The first kappa shape index (κ1) is 21.9. The number of nitrogens with one attached hydrogen (secondary N) is 1. The van der Waals surface area contributed by atoms with Crippen molar-refractivity contribution in [2.24, 2.45) is 0 Å². The average molecular weight is 416 g/mol. The number of halogens is 1. The highest BCUT2D eigenvalue weighted by atomic mass is 19.1. The number of ether oxygens (including phenoxy) is 3. The van der Waals surface area contributed by atoms with Gasteiger partial charge in [-0.25, -0.2) is 4.39 Å². The summed E-state index contributed by atoms with van der Waals surface area (Å²) in [6.07, 6.45) is 0.666. The molecule has 1 aliphatic rings. The van der Waals surface area contributed by atoms with E-state index in [0.717, 1.165) is 29.8 Å². The number of carbonyl (C=O) groups is 1. The fraction of sp³-hybridized carbons (Fsp3) is 0.435. The van der Waals surface area contributed by atoms with Crippen molar-refractivity contribution in [1.29, 1.82) is 0 Å². The first-order valence-corrected chi connectivity index (χ1v) is 10.0. The van der Waals surface area contributed by atoms with Crippen molar-refractivity contribution >= 4 is 5.91 Å². The molecule has 1 heterocycles. The maximum Gasteiger partial charge on any atom is 0.256 e. The molecule has 30 heavy (non-hydrogen) atoms. The van der Waals surface area contributed by atoms with Crippen molar-refractivity contribution in [3.63, 3.8) is 0 Å². The summed E-state index contributed by atoms with van der Waals surface area (Å²) in [5.74, 6) is 1.58. The minimum atomic E-state index is -0.604. The third kappa shape index (κ3) is 4.84. The van der Waals surface area contributed by atoms with Crippen LogP contribution in [-0.2, 0) is 13.0 Å². The summed E-state index contributed by atoms with van der Waals surface area (Å²) < 4.78 is 28.7. The van der Waals surface area contributed by atoms with Crippen LogP contribution in [-0.4, -0.2) is 51.0 Å². The predicted octanol–water partition coefficient (Wildman–Crippen LogP) is 3.49. The lowest BCUT2D eigenvalue weighted by Crippen LogP contribution is -2.48. The van der Waals surface area contributed by atoms with Crippen molar-refractivity contribution in [3.8, 4) is 17.2 Å². The van der Waals surface area contributed by atoms with Crippen LogP contribution in [0.1, 0.15) is 34.0 Å². The summed E-state index contributed by atoms with van der Waals surface area (Å²) in [7, 11) is 3.26. The third-order valence-corrected chi connectivity index (χ3v) is 5.35.